The van der Waals surface area contributed by atoms with Gasteiger partial charge in [-0.2, -0.15) is 0 Å². The van der Waals surface area contributed by atoms with Crippen LogP contribution >= 0.6 is 0 Å². The standard InChI is InChI=1S/C5H12O3S/c1-8-4-2-3-5-9(6)7/h2-5H2,1H3,(H,6,7)/p-1. The van der Waals surface area contributed by atoms with Gasteiger partial charge in [-0.05, 0) is 12.8 Å². The van der Waals surface area contributed by atoms with E-state index in [4.69, 9.17) is 4.74 Å². The van der Waals surface area contributed by atoms with E-state index in [1.807, 2.05) is 0 Å². The Labute approximate surface area is 57.7 Å². The molecule has 0 radical (unpaired) electrons. The molecule has 0 aromatic heterocycles. The Morgan fingerprint density at radius 3 is 2.67 bits per heavy atom. The van der Waals surface area contributed by atoms with Crippen molar-refractivity contribution in [2.75, 3.05) is 19.5 Å². The normalized spacial score (nSPS) is 13.6. The van der Waals surface area contributed by atoms with Crippen LogP contribution in [0.15, 0.2) is 0 Å². The first-order valence-electron chi connectivity index (χ1n) is 2.82. The first-order chi connectivity index (χ1) is 4.27. The van der Waals surface area contributed by atoms with Gasteiger partial charge in [0.25, 0.3) is 0 Å². The van der Waals surface area contributed by atoms with Crippen molar-refractivity contribution in [3.8, 4) is 0 Å². The molecular weight excluding hydrogens is 140 g/mol. The lowest BCUT2D eigenvalue weighted by Crippen LogP contribution is -1.97. The summed E-state index contributed by atoms with van der Waals surface area (Å²) < 4.78 is 24.6. The van der Waals surface area contributed by atoms with Crippen LogP contribution in [0.25, 0.3) is 0 Å². The summed E-state index contributed by atoms with van der Waals surface area (Å²) in [4.78, 5) is 0. The average Bonchev–Trinajstić information content (AvgIpc) is 1.80. The molecule has 0 amide bonds. The molecule has 0 spiro atoms. The van der Waals surface area contributed by atoms with Crippen molar-refractivity contribution in [1.82, 2.24) is 0 Å². The third-order valence-corrected chi connectivity index (χ3v) is 1.53. The molecule has 3 nitrogen and oxygen atoms in total. The van der Waals surface area contributed by atoms with Gasteiger partial charge in [-0.25, -0.2) is 0 Å². The smallest absolute Gasteiger partial charge is 0.0462 e. The fourth-order valence-electron chi connectivity index (χ4n) is 0.466. The minimum atomic E-state index is -1.87. The molecule has 56 valence electrons. The van der Waals surface area contributed by atoms with Crippen LogP contribution in [-0.4, -0.2) is 28.2 Å². The highest BCUT2D eigenvalue weighted by Gasteiger charge is 1.85. The number of hydrogen-bond donors (Lipinski definition) is 0. The van der Waals surface area contributed by atoms with Crippen LogP contribution in [0.4, 0.5) is 0 Å². The van der Waals surface area contributed by atoms with E-state index in [1.165, 1.54) is 0 Å². The summed E-state index contributed by atoms with van der Waals surface area (Å²) in [6.07, 6.45) is 1.52. The third kappa shape index (κ3) is 8.07. The number of unbranched alkanes of at least 4 members (excludes halogenated alkanes) is 1. The average molecular weight is 151 g/mol. The van der Waals surface area contributed by atoms with Crippen LogP contribution in [0.2, 0.25) is 0 Å². The van der Waals surface area contributed by atoms with Gasteiger partial charge in [-0.1, -0.05) is 11.1 Å². The number of methoxy groups -OCH3 is 1. The molecule has 0 aliphatic rings. The topological polar surface area (TPSA) is 49.4 Å². The molecule has 0 rings (SSSR count). The lowest BCUT2D eigenvalue weighted by molar-refractivity contribution is 0.194. The van der Waals surface area contributed by atoms with Gasteiger partial charge in [0.15, 0.2) is 0 Å². The molecular formula is C5H11O3S-. The largest absolute Gasteiger partial charge is 0.772 e. The minimum absolute atomic E-state index is 0.253. The van der Waals surface area contributed by atoms with Gasteiger partial charge in [0.1, 0.15) is 0 Å². The summed E-state index contributed by atoms with van der Waals surface area (Å²) in [5.74, 6) is 0.253. The Hall–Kier alpha value is 0.0700. The van der Waals surface area contributed by atoms with Crippen molar-refractivity contribution in [3.63, 3.8) is 0 Å². The zero-order valence-corrected chi connectivity index (χ0v) is 6.28. The fourth-order valence-corrected chi connectivity index (χ4v) is 0.906. The van der Waals surface area contributed by atoms with Gasteiger partial charge in [-0.15, -0.1) is 0 Å². The maximum absolute atomic E-state index is 9.92. The van der Waals surface area contributed by atoms with E-state index in [1.54, 1.807) is 7.11 Å². The Bertz CT molecular complexity index is 84.3. The molecule has 0 saturated carbocycles. The first-order valence-corrected chi connectivity index (χ1v) is 4.06. The second kappa shape index (κ2) is 6.19. The summed E-state index contributed by atoms with van der Waals surface area (Å²) in [6.45, 7) is 0.650. The van der Waals surface area contributed by atoms with Crippen molar-refractivity contribution in [2.45, 2.75) is 12.8 Å². The number of rotatable bonds is 5. The predicted molar refractivity (Wildman–Crippen MR) is 34.9 cm³/mol. The van der Waals surface area contributed by atoms with E-state index in [0.717, 1.165) is 6.42 Å². The highest BCUT2D eigenvalue weighted by atomic mass is 32.2. The van der Waals surface area contributed by atoms with E-state index >= 15 is 0 Å². The van der Waals surface area contributed by atoms with Crippen LogP contribution in [-0.2, 0) is 15.8 Å². The minimum Gasteiger partial charge on any atom is -0.772 e. The van der Waals surface area contributed by atoms with Crippen molar-refractivity contribution in [1.29, 1.82) is 0 Å². The molecule has 0 aliphatic heterocycles. The van der Waals surface area contributed by atoms with E-state index in [9.17, 15) is 8.76 Å². The molecule has 0 heterocycles. The zero-order valence-electron chi connectivity index (χ0n) is 5.46. The van der Waals surface area contributed by atoms with Crippen molar-refractivity contribution < 1.29 is 13.5 Å². The molecule has 0 fully saturated rings. The summed E-state index contributed by atoms with van der Waals surface area (Å²) in [7, 11) is 1.61. The van der Waals surface area contributed by atoms with Gasteiger partial charge in [0, 0.05) is 19.5 Å². The monoisotopic (exact) mass is 151 g/mol. The van der Waals surface area contributed by atoms with E-state index in [2.05, 4.69) is 0 Å². The summed E-state index contributed by atoms with van der Waals surface area (Å²) in [5, 5.41) is 0. The number of ether oxygens (including phenoxy) is 1. The van der Waals surface area contributed by atoms with Crippen molar-refractivity contribution in [3.05, 3.63) is 0 Å². The van der Waals surface area contributed by atoms with E-state index < -0.39 is 11.1 Å². The molecule has 1 atom stereocenters. The van der Waals surface area contributed by atoms with Gasteiger partial charge >= 0.3 is 0 Å². The zero-order chi connectivity index (χ0) is 7.11. The molecule has 0 aromatic carbocycles. The lowest BCUT2D eigenvalue weighted by atomic mass is 10.4. The third-order valence-electron chi connectivity index (χ3n) is 0.909. The molecule has 0 aromatic rings. The highest BCUT2D eigenvalue weighted by molar-refractivity contribution is 7.79. The SMILES string of the molecule is COCCCCS(=O)[O-]. The van der Waals surface area contributed by atoms with Crippen LogP contribution in [0.5, 0.6) is 0 Å². The van der Waals surface area contributed by atoms with Crippen molar-refractivity contribution in [2.24, 2.45) is 0 Å². The van der Waals surface area contributed by atoms with Crippen molar-refractivity contribution >= 4 is 11.1 Å². The fraction of sp³-hybridized carbons (Fsp3) is 1.00. The van der Waals surface area contributed by atoms with E-state index in [-0.39, 0.29) is 5.75 Å². The maximum atomic E-state index is 9.92. The molecule has 1 unspecified atom stereocenters. The molecule has 0 N–H and O–H groups in total. The predicted octanol–water partition coefficient (Wildman–Crippen LogP) is 0.292. The maximum Gasteiger partial charge on any atom is 0.0462 e. The Morgan fingerprint density at radius 2 is 2.22 bits per heavy atom. The summed E-state index contributed by atoms with van der Waals surface area (Å²) in [5.41, 5.74) is 0. The first kappa shape index (κ1) is 9.07. The van der Waals surface area contributed by atoms with Gasteiger partial charge in [-0.3, -0.25) is 4.21 Å². The highest BCUT2D eigenvalue weighted by Crippen LogP contribution is 1.89. The molecule has 0 saturated heterocycles. The number of hydrogen-bond acceptors (Lipinski definition) is 3. The molecule has 9 heavy (non-hydrogen) atoms. The quantitative estimate of drug-likeness (QED) is 0.419. The van der Waals surface area contributed by atoms with Gasteiger partial charge in [0.2, 0.25) is 0 Å². The van der Waals surface area contributed by atoms with Crippen LogP contribution in [0, 0.1) is 0 Å². The Balaban J connectivity index is 2.83. The van der Waals surface area contributed by atoms with Crippen LogP contribution in [0.1, 0.15) is 12.8 Å². The second-order valence-corrected chi connectivity index (χ2v) is 2.72. The Morgan fingerprint density at radius 1 is 1.56 bits per heavy atom. The second-order valence-electron chi connectivity index (χ2n) is 1.71. The van der Waals surface area contributed by atoms with Crippen LogP contribution in [0.3, 0.4) is 0 Å². The lowest BCUT2D eigenvalue weighted by Gasteiger charge is -2.02. The summed E-state index contributed by atoms with van der Waals surface area (Å²) in [6, 6.07) is 0. The molecule has 4 heteroatoms. The Kier molecular flexibility index (Phi) is 6.24. The summed E-state index contributed by atoms with van der Waals surface area (Å²) >= 11 is -1.87. The molecule has 0 aliphatic carbocycles. The van der Waals surface area contributed by atoms with Crippen LogP contribution < -0.4 is 0 Å². The van der Waals surface area contributed by atoms with Gasteiger partial charge < -0.3 is 9.29 Å². The van der Waals surface area contributed by atoms with E-state index in [0.29, 0.717) is 13.0 Å². The van der Waals surface area contributed by atoms with Gasteiger partial charge in [0.05, 0.1) is 0 Å². The molecule has 0 bridgehead atoms.